The quantitative estimate of drug-likeness (QED) is 0.0469. The minimum absolute atomic E-state index is 0.0305. The van der Waals surface area contributed by atoms with Crippen LogP contribution >= 0.6 is 0 Å². The van der Waals surface area contributed by atoms with Gasteiger partial charge in [-0.15, -0.1) is 0 Å². The van der Waals surface area contributed by atoms with E-state index < -0.39 is 132 Å². The first kappa shape index (κ1) is 62.8. The molecule has 9 atom stereocenters. The maximum absolute atomic E-state index is 14.2. The molecule has 15 N–H and O–H groups in total. The highest BCUT2D eigenvalue weighted by atomic mass is 16.4. The van der Waals surface area contributed by atoms with Crippen molar-refractivity contribution in [2.24, 2.45) is 35.1 Å². The van der Waals surface area contributed by atoms with Crippen LogP contribution in [0.1, 0.15) is 106 Å². The summed E-state index contributed by atoms with van der Waals surface area (Å²) in [6.45, 7) is 14.7. The fraction of sp³-hybridized carbons (Fsp3) is 0.569. The number of phenolic OH excluding ortho intramolecular Hbond substituents is 2. The predicted octanol–water partition coefficient (Wildman–Crippen LogP) is -0.116. The number of carboxylic acids is 1. The van der Waals surface area contributed by atoms with E-state index >= 15 is 0 Å². The normalized spacial score (nSPS) is 14.9. The van der Waals surface area contributed by atoms with Gasteiger partial charge in [-0.2, -0.15) is 0 Å². The molecule has 0 saturated heterocycles. The van der Waals surface area contributed by atoms with Gasteiger partial charge in [-0.3, -0.25) is 43.2 Å². The number of carboxylic acid groups (broad SMARTS) is 1. The number of amides is 9. The number of primary amides is 1. The summed E-state index contributed by atoms with van der Waals surface area (Å²) in [4.78, 5) is 133. The Morgan fingerprint density at radius 3 is 1.49 bits per heavy atom. The summed E-state index contributed by atoms with van der Waals surface area (Å²) in [5, 5.41) is 49.7. The largest absolute Gasteiger partial charge is 0.508 e. The van der Waals surface area contributed by atoms with Crippen molar-refractivity contribution >= 4 is 59.1 Å². The molecule has 410 valence electrons. The second-order valence-electron chi connectivity index (χ2n) is 19.8. The van der Waals surface area contributed by atoms with E-state index in [1.165, 1.54) is 43.3 Å². The number of nitrogens with one attached hydrogen (secondary N) is 8. The predicted molar refractivity (Wildman–Crippen MR) is 273 cm³/mol. The molecule has 0 aliphatic carbocycles. The number of aliphatic carboxylic acids is 1. The van der Waals surface area contributed by atoms with Crippen LogP contribution in [0.5, 0.6) is 11.5 Å². The Morgan fingerprint density at radius 1 is 0.527 bits per heavy atom. The Balaban J connectivity index is 2.29. The van der Waals surface area contributed by atoms with Crippen LogP contribution in [0.25, 0.3) is 0 Å². The first-order chi connectivity index (χ1) is 34.6. The second-order valence-corrected chi connectivity index (χ2v) is 19.8. The fourth-order valence-corrected chi connectivity index (χ4v) is 7.49. The van der Waals surface area contributed by atoms with Crippen molar-refractivity contribution in [1.82, 2.24) is 42.5 Å². The van der Waals surface area contributed by atoms with Crippen LogP contribution in [0.2, 0.25) is 0 Å². The molecule has 0 unspecified atom stereocenters. The second kappa shape index (κ2) is 30.7. The molecule has 23 heteroatoms. The van der Waals surface area contributed by atoms with E-state index in [1.807, 2.05) is 0 Å². The summed E-state index contributed by atoms with van der Waals surface area (Å²) in [5.74, 6) is -9.77. The third-order valence-electron chi connectivity index (χ3n) is 11.9. The molecule has 0 aliphatic heterocycles. The van der Waals surface area contributed by atoms with Gasteiger partial charge in [0.1, 0.15) is 53.8 Å². The van der Waals surface area contributed by atoms with Crippen LogP contribution < -0.4 is 54.0 Å². The number of hydrogen-bond donors (Lipinski definition) is 13. The van der Waals surface area contributed by atoms with Crippen LogP contribution in [-0.4, -0.2) is 129 Å². The fourth-order valence-electron chi connectivity index (χ4n) is 7.49. The van der Waals surface area contributed by atoms with Crippen LogP contribution in [0.4, 0.5) is 0 Å². The lowest BCUT2D eigenvalue weighted by Gasteiger charge is -2.29. The summed E-state index contributed by atoms with van der Waals surface area (Å²) in [6.07, 6.45) is -0.249. The molecule has 2 aromatic carbocycles. The smallest absolute Gasteiger partial charge is 0.326 e. The van der Waals surface area contributed by atoms with Gasteiger partial charge in [-0.1, -0.05) is 86.1 Å². The zero-order chi connectivity index (χ0) is 56.0. The lowest BCUT2D eigenvalue weighted by Crippen LogP contribution is -2.61. The van der Waals surface area contributed by atoms with Gasteiger partial charge in [-0.05, 0) is 91.7 Å². The number of aromatic hydroxyl groups is 2. The molecule has 0 saturated carbocycles. The van der Waals surface area contributed by atoms with Gasteiger partial charge in [0.25, 0.3) is 0 Å². The van der Waals surface area contributed by atoms with Crippen LogP contribution in [0.3, 0.4) is 0 Å². The molecule has 0 fully saturated rings. The number of hydrogen-bond acceptors (Lipinski definition) is 13. The summed E-state index contributed by atoms with van der Waals surface area (Å²) >= 11 is 0. The summed E-state index contributed by atoms with van der Waals surface area (Å²) in [5.41, 5.74) is 12.6. The van der Waals surface area contributed by atoms with Gasteiger partial charge >= 0.3 is 5.97 Å². The van der Waals surface area contributed by atoms with Crippen molar-refractivity contribution in [3.63, 3.8) is 0 Å². The number of phenols is 2. The van der Waals surface area contributed by atoms with Gasteiger partial charge in [0.05, 0.1) is 12.6 Å². The zero-order valence-electron chi connectivity index (χ0n) is 43.8. The van der Waals surface area contributed by atoms with Gasteiger partial charge < -0.3 is 69.3 Å². The summed E-state index contributed by atoms with van der Waals surface area (Å²) in [7, 11) is 0. The van der Waals surface area contributed by atoms with E-state index in [-0.39, 0.29) is 55.4 Å². The van der Waals surface area contributed by atoms with Crippen molar-refractivity contribution in [3.8, 4) is 11.5 Å². The third kappa shape index (κ3) is 22.2. The molecule has 0 spiro atoms. The molecule has 0 bridgehead atoms. The molecular weight excluding hydrogens is 961 g/mol. The van der Waals surface area contributed by atoms with Gasteiger partial charge in [0.2, 0.25) is 53.2 Å². The minimum atomic E-state index is -1.52. The summed E-state index contributed by atoms with van der Waals surface area (Å²) < 4.78 is 0. The Hall–Kier alpha value is -7.30. The molecule has 0 radical (unpaired) electrons. The van der Waals surface area contributed by atoms with E-state index in [2.05, 4.69) is 42.5 Å². The number of rotatable bonds is 31. The van der Waals surface area contributed by atoms with Gasteiger partial charge in [0.15, 0.2) is 0 Å². The van der Waals surface area contributed by atoms with Crippen molar-refractivity contribution < 1.29 is 63.3 Å². The number of carbonyl (C=O) groups excluding carboxylic acids is 9. The maximum atomic E-state index is 14.2. The van der Waals surface area contributed by atoms with Crippen molar-refractivity contribution in [2.45, 2.75) is 156 Å². The van der Waals surface area contributed by atoms with E-state index in [0.717, 1.165) is 0 Å². The molecule has 2 rings (SSSR count). The highest BCUT2D eigenvalue weighted by molar-refractivity contribution is 5.98. The molecule has 9 amide bonds. The molecule has 2 aromatic rings. The molecule has 23 nitrogen and oxygen atoms in total. The molecule has 0 aromatic heterocycles. The Labute approximate surface area is 432 Å². The number of nitrogens with two attached hydrogens (primary N) is 2. The average Bonchev–Trinajstić information content (AvgIpc) is 3.32. The van der Waals surface area contributed by atoms with Crippen molar-refractivity contribution in [3.05, 3.63) is 59.7 Å². The van der Waals surface area contributed by atoms with Crippen molar-refractivity contribution in [2.75, 3.05) is 6.54 Å². The van der Waals surface area contributed by atoms with Crippen LogP contribution in [0, 0.1) is 23.7 Å². The SMILES string of the molecule is CC[C@H](C)[C@H](NC(=O)CNC(=O)[C@@H](N)Cc1ccc(O)cc1)C(=O)N[C@@H](C)C(=O)N[C@@H](CC(C)C)C(=O)N[C@@H](CCC(N)=O)C(=O)N[C@@H](Cc1ccc(O)cc1)C(=O)N[C@H](C(=O)N[C@@H](CC(C)C)C(=O)O)C(C)C. The topological polar surface area (TPSA) is 380 Å². The lowest BCUT2D eigenvalue weighted by atomic mass is 9.97. The van der Waals surface area contributed by atoms with E-state index in [0.29, 0.717) is 17.5 Å². The van der Waals surface area contributed by atoms with Crippen molar-refractivity contribution in [1.29, 1.82) is 0 Å². The maximum Gasteiger partial charge on any atom is 0.326 e. The van der Waals surface area contributed by atoms with E-state index in [1.54, 1.807) is 67.5 Å². The Bertz CT molecular complexity index is 2240. The van der Waals surface area contributed by atoms with Gasteiger partial charge in [-0.25, -0.2) is 4.79 Å². The minimum Gasteiger partial charge on any atom is -0.508 e. The average molecular weight is 1040 g/mol. The van der Waals surface area contributed by atoms with Crippen LogP contribution in [0.15, 0.2) is 48.5 Å². The molecule has 74 heavy (non-hydrogen) atoms. The number of carbonyl (C=O) groups is 10. The molecule has 0 aliphatic rings. The van der Waals surface area contributed by atoms with E-state index in [4.69, 9.17) is 11.5 Å². The third-order valence-corrected chi connectivity index (χ3v) is 11.9. The van der Waals surface area contributed by atoms with Gasteiger partial charge in [0, 0.05) is 12.8 Å². The molecular formula is C51H78N10O13. The first-order valence-electron chi connectivity index (χ1n) is 24.8. The molecule has 0 heterocycles. The standard InChI is InChI=1S/C51H78N10O13/c1-10-29(8)43(60-41(65)25-54-45(67)35(52)23-31-11-15-33(62)16-12-31)50(72)55-30(9)44(66)57-37(21-26(2)3)47(69)56-36(19-20-40(53)64)46(68)58-38(24-32-13-17-34(63)18-14-32)48(70)61-42(28(6)7)49(71)59-39(51(73)74)22-27(4)5/h11-18,26-30,35-39,42-43,62-63H,10,19-25,52H2,1-9H3,(H2,53,64)(H,54,67)(H,55,72)(H,56,69)(H,57,66)(H,58,68)(H,59,71)(H,60,65)(H,61,70)(H,73,74)/t29-,30-,35-,36-,37-,38-,39-,42-,43-/m0/s1. The Kier molecular flexibility index (Phi) is 26.0. The highest BCUT2D eigenvalue weighted by Gasteiger charge is 2.35. The van der Waals surface area contributed by atoms with E-state index in [9.17, 15) is 63.3 Å². The first-order valence-corrected chi connectivity index (χ1v) is 24.8. The Morgan fingerprint density at radius 2 is 0.986 bits per heavy atom. The lowest BCUT2D eigenvalue weighted by molar-refractivity contribution is -0.143. The monoisotopic (exact) mass is 1040 g/mol. The van der Waals surface area contributed by atoms with Crippen LogP contribution in [-0.2, 0) is 60.8 Å². The number of benzene rings is 2. The highest BCUT2D eigenvalue weighted by Crippen LogP contribution is 2.16. The summed E-state index contributed by atoms with van der Waals surface area (Å²) in [6, 6.07) is 1.57. The zero-order valence-corrected chi connectivity index (χ0v) is 43.8.